The van der Waals surface area contributed by atoms with E-state index in [4.69, 9.17) is 22.6 Å². The molecule has 5 aromatic rings. The Morgan fingerprint density at radius 2 is 0.707 bits per heavy atom. The average molecular weight is 1710 g/mol. The maximum atomic E-state index is 15.1. The van der Waals surface area contributed by atoms with Crippen molar-refractivity contribution < 1.29 is 92.3 Å². The molecule has 0 aliphatic heterocycles. The standard InChI is InChI=1S/C86H120N18O19/c1-8-51(6)72(104-83(121)71(50(4)5)103-81(119)66(46-57-34-36-58(106)37-35-57)101-85(123)73(52(7)105)102-67(107)47-92-74(112)63(43-54-26-15-10-16-27-54)100-82(120)70(88)49(2)3)84(122)96-60(33-23-41-91-86(89)90)76(114)94-59(32-21-22-40-87)77(115)98-65(45-56-30-19-12-20-31-56)80(118)99-64(44-55-28-17-11-18-29-55)79(117)95-61(38-39-68(108)109)78(116)97-62(75(113)93-48-69(110)111)42-53-24-13-9-14-25-53/h9-20,24-31,34-37,49-52,59-66,70-73,105-106H,8,21-23,32-33,38-48,87-88H2,1-7H3,(H,92,112)(H,93,113)(H,94,114)(H,95,117)(H,96,122)(H,97,116)(H,98,115)(H,99,118)(H,100,120)(H,101,123)(H,102,107)(H,103,119)(H,104,121)(H,108,109)(H,110,111)(H4,89,90,91)/t51-,52+,59-,60-,61-,62-,63-,64-,65-,66-,70-,71-,72-,73-/m0/s1. The van der Waals surface area contributed by atoms with Gasteiger partial charge in [-0.15, -0.1) is 0 Å². The molecular weight excluding hydrogens is 1590 g/mol. The zero-order valence-corrected chi connectivity index (χ0v) is 70.3. The molecule has 668 valence electrons. The number of aromatic hydroxyl groups is 1. The fraction of sp³-hybridized carbons (Fsp3) is 0.465. The van der Waals surface area contributed by atoms with Gasteiger partial charge in [0.25, 0.3) is 0 Å². The lowest BCUT2D eigenvalue weighted by Gasteiger charge is -2.31. The number of unbranched alkanes of at least 4 members (excludes halogenated alkanes) is 1. The fourth-order valence-corrected chi connectivity index (χ4v) is 12.8. The number of carbonyl (C=O) groups excluding carboxylic acids is 13. The number of nitrogens with one attached hydrogen (secondary N) is 15. The monoisotopic (exact) mass is 1710 g/mol. The number of aliphatic carboxylic acids is 2. The van der Waals surface area contributed by atoms with Crippen LogP contribution in [0.4, 0.5) is 0 Å². The Bertz CT molecular complexity index is 4320. The smallest absolute Gasteiger partial charge is 0.322 e. The van der Waals surface area contributed by atoms with E-state index in [1.165, 1.54) is 31.2 Å². The van der Waals surface area contributed by atoms with Gasteiger partial charge >= 0.3 is 11.9 Å². The molecule has 0 unspecified atom stereocenters. The van der Waals surface area contributed by atoms with Gasteiger partial charge in [-0.2, -0.15) is 0 Å². The highest BCUT2D eigenvalue weighted by atomic mass is 16.4. The molecule has 37 heteroatoms. The number of aliphatic hydroxyl groups excluding tert-OH is 1. The third-order valence-electron chi connectivity index (χ3n) is 20.1. The summed E-state index contributed by atoms with van der Waals surface area (Å²) in [5.41, 5.74) is 20.2. The zero-order valence-electron chi connectivity index (χ0n) is 70.3. The molecule has 0 aromatic heterocycles. The molecule has 5 aromatic carbocycles. The lowest BCUT2D eigenvalue weighted by Crippen LogP contribution is -2.62. The first kappa shape index (κ1) is 101. The quantitative estimate of drug-likeness (QED) is 0.0125. The van der Waals surface area contributed by atoms with Crippen LogP contribution >= 0.6 is 0 Å². The van der Waals surface area contributed by atoms with Crippen molar-refractivity contribution in [3.63, 3.8) is 0 Å². The number of nitrogens with two attached hydrogens (primary N) is 3. The van der Waals surface area contributed by atoms with E-state index < -0.39 is 211 Å². The van der Waals surface area contributed by atoms with Crippen LogP contribution < -0.4 is 91.6 Å². The van der Waals surface area contributed by atoms with Crippen molar-refractivity contribution >= 4 is 94.7 Å². The summed E-state index contributed by atoms with van der Waals surface area (Å²) < 4.78 is 0. The Morgan fingerprint density at radius 3 is 1.10 bits per heavy atom. The van der Waals surface area contributed by atoms with Gasteiger partial charge in [-0.3, -0.25) is 77.3 Å². The zero-order chi connectivity index (χ0) is 90.8. The minimum Gasteiger partial charge on any atom is -0.508 e. The van der Waals surface area contributed by atoms with Gasteiger partial charge in [0.2, 0.25) is 76.8 Å². The number of phenolic OH excluding ortho intramolecular Hbond substituents is 1. The molecule has 0 saturated heterocycles. The number of carbonyl (C=O) groups is 15. The summed E-state index contributed by atoms with van der Waals surface area (Å²) in [7, 11) is 0. The molecule has 13 amide bonds. The lowest BCUT2D eigenvalue weighted by atomic mass is 9.95. The third-order valence-corrected chi connectivity index (χ3v) is 20.1. The first-order chi connectivity index (χ1) is 58.5. The maximum absolute atomic E-state index is 15.1. The molecule has 0 spiro atoms. The van der Waals surface area contributed by atoms with Crippen LogP contribution in [0.2, 0.25) is 0 Å². The number of amides is 13. The number of guanidine groups is 1. The maximum Gasteiger partial charge on any atom is 0.322 e. The summed E-state index contributed by atoms with van der Waals surface area (Å²) in [5.74, 6) is -17.0. The van der Waals surface area contributed by atoms with Gasteiger partial charge in [-0.25, -0.2) is 0 Å². The van der Waals surface area contributed by atoms with Crippen LogP contribution in [-0.2, 0) is 104 Å². The van der Waals surface area contributed by atoms with E-state index in [9.17, 15) is 78.0 Å². The van der Waals surface area contributed by atoms with Crippen molar-refractivity contribution in [1.29, 1.82) is 5.41 Å². The number of rotatable bonds is 53. The second-order valence-electron chi connectivity index (χ2n) is 30.8. The first-order valence-corrected chi connectivity index (χ1v) is 40.9. The molecule has 25 N–H and O–H groups in total. The van der Waals surface area contributed by atoms with Crippen LogP contribution in [0.3, 0.4) is 0 Å². The number of aliphatic hydroxyl groups is 1. The highest BCUT2D eigenvalue weighted by Crippen LogP contribution is 2.18. The van der Waals surface area contributed by atoms with E-state index in [-0.39, 0.29) is 89.0 Å². The molecule has 0 aliphatic carbocycles. The molecule has 0 heterocycles. The Kier molecular flexibility index (Phi) is 42.8. The second-order valence-corrected chi connectivity index (χ2v) is 30.8. The third kappa shape index (κ3) is 36.1. The Morgan fingerprint density at radius 1 is 0.366 bits per heavy atom. The number of hydrogen-bond donors (Lipinski definition) is 22. The molecule has 5 rings (SSSR count). The SMILES string of the molecule is CC[C@H](C)[C@H](NC(=O)[C@@H](NC(=O)[C@H](Cc1ccc(O)cc1)NC(=O)[C@@H](NC(=O)CNC(=O)[C@H](Cc1ccccc1)NC(=O)[C@@H](N)C(C)C)[C@@H](C)O)C(C)C)C(=O)N[C@@H](CCCNC(=N)N)C(=O)N[C@@H](CCCCN)C(=O)N[C@@H](Cc1ccccc1)C(=O)N[C@@H](Cc1ccccc1)C(=O)N[C@@H](CCC(=O)O)C(=O)N[C@@H](Cc1ccccc1)C(=O)NCC(=O)O. The van der Waals surface area contributed by atoms with Crippen molar-refractivity contribution in [2.75, 3.05) is 26.2 Å². The number of carboxylic acids is 2. The summed E-state index contributed by atoms with van der Waals surface area (Å²) in [6, 6.07) is 21.6. The van der Waals surface area contributed by atoms with E-state index in [0.717, 1.165) is 0 Å². The van der Waals surface area contributed by atoms with E-state index in [0.29, 0.717) is 34.2 Å². The highest BCUT2D eigenvalue weighted by Gasteiger charge is 2.39. The number of phenols is 1. The van der Waals surface area contributed by atoms with Gasteiger partial charge in [0.15, 0.2) is 5.96 Å². The molecule has 0 aliphatic rings. The topological polar surface area (TPSA) is 607 Å². The van der Waals surface area contributed by atoms with Crippen LogP contribution in [0.25, 0.3) is 0 Å². The Labute approximate surface area is 714 Å². The van der Waals surface area contributed by atoms with Crippen LogP contribution in [0.15, 0.2) is 146 Å². The molecule has 14 atom stereocenters. The molecule has 0 bridgehead atoms. The van der Waals surface area contributed by atoms with Gasteiger partial charge < -0.3 is 112 Å². The van der Waals surface area contributed by atoms with E-state index in [2.05, 4.69) is 74.4 Å². The van der Waals surface area contributed by atoms with Crippen LogP contribution in [0.5, 0.6) is 5.75 Å². The van der Waals surface area contributed by atoms with E-state index in [1.807, 2.05) is 0 Å². The highest BCUT2D eigenvalue weighted by molar-refractivity contribution is 6.00. The molecule has 37 nitrogen and oxygen atoms in total. The van der Waals surface area contributed by atoms with Crippen LogP contribution in [0.1, 0.15) is 128 Å². The Hall–Kier alpha value is -12.9. The van der Waals surface area contributed by atoms with Gasteiger partial charge in [0.05, 0.1) is 18.7 Å². The number of benzene rings is 5. The molecule has 123 heavy (non-hydrogen) atoms. The molecule has 0 fully saturated rings. The van der Waals surface area contributed by atoms with Crippen molar-refractivity contribution in [2.24, 2.45) is 35.0 Å². The van der Waals surface area contributed by atoms with Crippen LogP contribution in [0, 0.1) is 23.2 Å². The van der Waals surface area contributed by atoms with E-state index in [1.54, 1.807) is 163 Å². The van der Waals surface area contributed by atoms with Gasteiger partial charge in [0, 0.05) is 45.1 Å². The van der Waals surface area contributed by atoms with Gasteiger partial charge in [-0.05, 0) is 110 Å². The van der Waals surface area contributed by atoms with Gasteiger partial charge in [0.1, 0.15) is 78.8 Å². The van der Waals surface area contributed by atoms with E-state index >= 15 is 14.4 Å². The fourth-order valence-electron chi connectivity index (χ4n) is 12.8. The summed E-state index contributed by atoms with van der Waals surface area (Å²) in [4.78, 5) is 211. The summed E-state index contributed by atoms with van der Waals surface area (Å²) in [6.45, 7) is 9.76. The predicted octanol–water partition coefficient (Wildman–Crippen LogP) is -1.12. The number of hydrogen-bond acceptors (Lipinski definition) is 20. The minimum atomic E-state index is -1.77. The molecule has 0 radical (unpaired) electrons. The normalized spacial score (nSPS) is 14.5. The Balaban J connectivity index is 1.41. The lowest BCUT2D eigenvalue weighted by molar-refractivity contribution is -0.139. The molecule has 0 saturated carbocycles. The minimum absolute atomic E-state index is 0.00727. The summed E-state index contributed by atoms with van der Waals surface area (Å²) >= 11 is 0. The van der Waals surface area contributed by atoms with Crippen molar-refractivity contribution in [2.45, 2.75) is 211 Å². The van der Waals surface area contributed by atoms with Crippen molar-refractivity contribution in [3.8, 4) is 5.75 Å². The predicted molar refractivity (Wildman–Crippen MR) is 455 cm³/mol. The van der Waals surface area contributed by atoms with Gasteiger partial charge in [-0.1, -0.05) is 181 Å². The number of carboxylic acid groups (broad SMARTS) is 2. The largest absolute Gasteiger partial charge is 0.508 e. The van der Waals surface area contributed by atoms with Crippen molar-refractivity contribution in [3.05, 3.63) is 173 Å². The summed E-state index contributed by atoms with van der Waals surface area (Å²) in [5, 5.41) is 84.5. The van der Waals surface area contributed by atoms with Crippen molar-refractivity contribution in [1.82, 2.24) is 74.4 Å². The summed E-state index contributed by atoms with van der Waals surface area (Å²) in [6.07, 6.45) is -3.18. The average Bonchev–Trinajstić information content (AvgIpc) is 0.838. The first-order valence-electron chi connectivity index (χ1n) is 40.9. The van der Waals surface area contributed by atoms with Crippen LogP contribution in [-0.4, -0.2) is 220 Å². The second kappa shape index (κ2) is 52.3. The molecular formula is C86H120N18O19.